The number of hydrogen-bond acceptors (Lipinski definition) is 6. The number of anilines is 3. The van der Waals surface area contributed by atoms with E-state index in [0.717, 1.165) is 62.5 Å². The molecule has 5 rings (SSSR count). The van der Waals surface area contributed by atoms with Crippen molar-refractivity contribution in [2.75, 3.05) is 29.9 Å². The Labute approximate surface area is 166 Å². The van der Waals surface area contributed by atoms with Crippen molar-refractivity contribution in [1.29, 1.82) is 0 Å². The van der Waals surface area contributed by atoms with Crippen LogP contribution in [0.4, 0.5) is 23.1 Å². The third-order valence-corrected chi connectivity index (χ3v) is 6.17. The van der Waals surface area contributed by atoms with Gasteiger partial charge in [0.1, 0.15) is 5.82 Å². The lowest BCUT2D eigenvalue weighted by molar-refractivity contribution is 0.412. The summed E-state index contributed by atoms with van der Waals surface area (Å²) in [4.78, 5) is 16.5. The standard InChI is InChI=1S/C22H28N6/c23-13-15-7-10-28(11-8-15)21-19(16-3-4-16)14-25-22(27-21)26-18-5-6-20-17(12-18)2-1-9-24-20/h5-6,9,12,14-16H,1-4,7-8,10-11,13,23H2,(H,25,26,27). The van der Waals surface area contributed by atoms with E-state index in [1.807, 2.05) is 12.4 Å². The molecule has 3 N–H and O–H groups in total. The Morgan fingerprint density at radius 1 is 1.14 bits per heavy atom. The Bertz CT molecular complexity index is 881. The molecule has 1 aliphatic carbocycles. The zero-order valence-corrected chi connectivity index (χ0v) is 16.3. The molecule has 3 aliphatic rings. The van der Waals surface area contributed by atoms with Crippen molar-refractivity contribution in [2.45, 2.75) is 44.4 Å². The van der Waals surface area contributed by atoms with E-state index in [2.05, 4.69) is 38.4 Å². The van der Waals surface area contributed by atoms with E-state index in [1.165, 1.54) is 24.0 Å². The molecule has 146 valence electrons. The minimum Gasteiger partial charge on any atom is -0.356 e. The van der Waals surface area contributed by atoms with Gasteiger partial charge in [0, 0.05) is 36.8 Å². The average Bonchev–Trinajstić information content (AvgIpc) is 3.59. The molecular weight excluding hydrogens is 348 g/mol. The van der Waals surface area contributed by atoms with Gasteiger partial charge >= 0.3 is 0 Å². The number of benzene rings is 1. The van der Waals surface area contributed by atoms with E-state index in [-0.39, 0.29) is 0 Å². The Morgan fingerprint density at radius 3 is 2.79 bits per heavy atom. The molecule has 3 heterocycles. The highest BCUT2D eigenvalue weighted by atomic mass is 15.2. The van der Waals surface area contributed by atoms with Crippen molar-refractivity contribution in [1.82, 2.24) is 9.97 Å². The van der Waals surface area contributed by atoms with Crippen molar-refractivity contribution < 1.29 is 0 Å². The van der Waals surface area contributed by atoms with Crippen LogP contribution in [0.2, 0.25) is 0 Å². The summed E-state index contributed by atoms with van der Waals surface area (Å²) in [5.74, 6) is 3.09. The van der Waals surface area contributed by atoms with Crippen molar-refractivity contribution in [3.63, 3.8) is 0 Å². The minimum atomic E-state index is 0.637. The number of piperidine rings is 1. The van der Waals surface area contributed by atoms with Crippen LogP contribution in [0.3, 0.4) is 0 Å². The highest BCUT2D eigenvalue weighted by Crippen LogP contribution is 2.44. The van der Waals surface area contributed by atoms with Gasteiger partial charge in [-0.25, -0.2) is 4.98 Å². The highest BCUT2D eigenvalue weighted by molar-refractivity contribution is 5.71. The molecule has 2 aliphatic heterocycles. The van der Waals surface area contributed by atoms with Crippen LogP contribution < -0.4 is 16.0 Å². The summed E-state index contributed by atoms with van der Waals surface area (Å²) >= 11 is 0. The summed E-state index contributed by atoms with van der Waals surface area (Å²) in [6.45, 7) is 2.87. The fourth-order valence-corrected chi connectivity index (χ4v) is 4.26. The van der Waals surface area contributed by atoms with Gasteiger partial charge < -0.3 is 16.0 Å². The maximum absolute atomic E-state index is 5.87. The SMILES string of the molecule is NCC1CCN(c2nc(Nc3ccc4c(c3)CCC=N4)ncc2C2CC2)CC1. The third kappa shape index (κ3) is 3.61. The number of nitrogens with one attached hydrogen (secondary N) is 1. The Morgan fingerprint density at radius 2 is 2.00 bits per heavy atom. The smallest absolute Gasteiger partial charge is 0.229 e. The maximum atomic E-state index is 5.87. The molecule has 1 aromatic carbocycles. The van der Waals surface area contributed by atoms with Crippen LogP contribution in [0.5, 0.6) is 0 Å². The van der Waals surface area contributed by atoms with Gasteiger partial charge in [-0.1, -0.05) is 0 Å². The molecule has 28 heavy (non-hydrogen) atoms. The Hall–Kier alpha value is -2.47. The number of aliphatic imine (C=N–C) groups is 1. The molecule has 2 fully saturated rings. The molecule has 2 aromatic rings. The van der Waals surface area contributed by atoms with E-state index >= 15 is 0 Å². The zero-order chi connectivity index (χ0) is 18.9. The maximum Gasteiger partial charge on any atom is 0.229 e. The van der Waals surface area contributed by atoms with Gasteiger partial charge in [0.2, 0.25) is 5.95 Å². The topological polar surface area (TPSA) is 79.4 Å². The van der Waals surface area contributed by atoms with Crippen molar-refractivity contribution >= 4 is 29.4 Å². The number of aromatic nitrogens is 2. The zero-order valence-electron chi connectivity index (χ0n) is 16.3. The summed E-state index contributed by atoms with van der Waals surface area (Å²) in [5, 5.41) is 3.42. The van der Waals surface area contributed by atoms with E-state index in [4.69, 9.17) is 10.7 Å². The molecule has 0 atom stereocenters. The third-order valence-electron chi connectivity index (χ3n) is 6.17. The molecule has 1 aromatic heterocycles. The van der Waals surface area contributed by atoms with E-state index < -0.39 is 0 Å². The highest BCUT2D eigenvalue weighted by Gasteiger charge is 2.31. The summed E-state index contributed by atoms with van der Waals surface area (Å²) in [6.07, 6.45) is 10.9. The van der Waals surface area contributed by atoms with Crippen molar-refractivity contribution in [3.8, 4) is 0 Å². The molecule has 0 radical (unpaired) electrons. The normalized spacial score (nSPS) is 19.5. The first-order chi connectivity index (χ1) is 13.8. The monoisotopic (exact) mass is 376 g/mol. The quantitative estimate of drug-likeness (QED) is 0.827. The first kappa shape index (κ1) is 17.6. The molecule has 1 saturated carbocycles. The molecule has 0 unspecified atom stereocenters. The van der Waals surface area contributed by atoms with Crippen molar-refractivity contribution in [2.24, 2.45) is 16.6 Å². The molecule has 6 heteroatoms. The first-order valence-electron chi connectivity index (χ1n) is 10.5. The van der Waals surface area contributed by atoms with Gasteiger partial charge in [-0.05, 0) is 80.7 Å². The van der Waals surface area contributed by atoms with Crippen LogP contribution in [0.15, 0.2) is 29.4 Å². The second kappa shape index (κ2) is 7.51. The van der Waals surface area contributed by atoms with E-state index in [1.54, 1.807) is 0 Å². The number of nitrogens with two attached hydrogens (primary N) is 1. The number of nitrogens with zero attached hydrogens (tertiary/aromatic N) is 4. The lowest BCUT2D eigenvalue weighted by Crippen LogP contribution is -2.37. The molecule has 1 saturated heterocycles. The predicted molar refractivity (Wildman–Crippen MR) is 114 cm³/mol. The summed E-state index contributed by atoms with van der Waals surface area (Å²) in [5.41, 5.74) is 10.6. The first-order valence-corrected chi connectivity index (χ1v) is 10.5. The molecule has 0 spiro atoms. The number of hydrogen-bond donors (Lipinski definition) is 2. The summed E-state index contributed by atoms with van der Waals surface area (Å²) < 4.78 is 0. The second-order valence-corrected chi connectivity index (χ2v) is 8.23. The van der Waals surface area contributed by atoms with Crippen LogP contribution in [0, 0.1) is 5.92 Å². The second-order valence-electron chi connectivity index (χ2n) is 8.23. The van der Waals surface area contributed by atoms with Crippen LogP contribution in [0.25, 0.3) is 0 Å². The van der Waals surface area contributed by atoms with E-state index in [0.29, 0.717) is 17.8 Å². The molecular formula is C22H28N6. The average molecular weight is 377 g/mol. The van der Waals surface area contributed by atoms with Gasteiger partial charge in [0.15, 0.2) is 0 Å². The lowest BCUT2D eigenvalue weighted by Gasteiger charge is -2.33. The fourth-order valence-electron chi connectivity index (χ4n) is 4.26. The minimum absolute atomic E-state index is 0.637. The van der Waals surface area contributed by atoms with Gasteiger partial charge in [0.05, 0.1) is 5.69 Å². The predicted octanol–water partition coefficient (Wildman–Crippen LogP) is 3.92. The van der Waals surface area contributed by atoms with Gasteiger partial charge in [0.25, 0.3) is 0 Å². The largest absolute Gasteiger partial charge is 0.356 e. The fraction of sp³-hybridized carbons (Fsp3) is 0.500. The van der Waals surface area contributed by atoms with Gasteiger partial charge in [-0.2, -0.15) is 4.98 Å². The van der Waals surface area contributed by atoms with Crippen LogP contribution in [0.1, 0.15) is 49.1 Å². The molecule has 0 amide bonds. The van der Waals surface area contributed by atoms with Crippen molar-refractivity contribution in [3.05, 3.63) is 35.5 Å². The summed E-state index contributed by atoms with van der Waals surface area (Å²) in [6, 6.07) is 6.31. The number of rotatable bonds is 5. The Kier molecular flexibility index (Phi) is 4.72. The molecule has 0 bridgehead atoms. The Balaban J connectivity index is 1.39. The van der Waals surface area contributed by atoms with Crippen LogP contribution in [-0.2, 0) is 6.42 Å². The van der Waals surface area contributed by atoms with Crippen LogP contribution in [-0.4, -0.2) is 35.8 Å². The van der Waals surface area contributed by atoms with Crippen LogP contribution >= 0.6 is 0 Å². The van der Waals surface area contributed by atoms with Gasteiger partial charge in [-0.15, -0.1) is 0 Å². The lowest BCUT2D eigenvalue weighted by atomic mass is 9.97. The molecule has 6 nitrogen and oxygen atoms in total. The van der Waals surface area contributed by atoms with E-state index in [9.17, 15) is 0 Å². The number of aryl methyl sites for hydroxylation is 1. The number of fused-ring (bicyclic) bond motifs is 1. The summed E-state index contributed by atoms with van der Waals surface area (Å²) in [7, 11) is 0. The van der Waals surface area contributed by atoms with Gasteiger partial charge in [-0.3, -0.25) is 4.99 Å².